The van der Waals surface area contributed by atoms with Crippen LogP contribution in [0.25, 0.3) is 11.1 Å². The molecule has 2 aromatic rings. The fourth-order valence-electron chi connectivity index (χ4n) is 5.22. The van der Waals surface area contributed by atoms with Gasteiger partial charge in [0, 0.05) is 5.92 Å². The van der Waals surface area contributed by atoms with E-state index in [0.717, 1.165) is 41.5 Å². The zero-order valence-electron chi connectivity index (χ0n) is 18.0. The minimum absolute atomic E-state index is 0.0610. The largest absolute Gasteiger partial charge is 0.620 e. The van der Waals surface area contributed by atoms with Crippen LogP contribution in [0.4, 0.5) is 4.79 Å². The van der Waals surface area contributed by atoms with Gasteiger partial charge in [0.05, 0.1) is 12.8 Å². The molecule has 7 nitrogen and oxygen atoms in total. The lowest BCUT2D eigenvalue weighted by atomic mass is 9.92. The van der Waals surface area contributed by atoms with Crippen LogP contribution in [0.15, 0.2) is 48.5 Å². The summed E-state index contributed by atoms with van der Waals surface area (Å²) in [6.45, 7) is 1.77. The molecule has 1 aliphatic heterocycles. The van der Waals surface area contributed by atoms with Gasteiger partial charge in [-0.2, -0.15) is 4.74 Å². The number of rotatable bonds is 4. The maximum Gasteiger partial charge on any atom is 0.407 e. The number of carbonyl (C=O) groups is 2. The van der Waals surface area contributed by atoms with Gasteiger partial charge in [-0.15, -0.1) is 0 Å². The number of hydroxylamine groups is 1. The molecular weight excluding hydrogens is 408 g/mol. The monoisotopic (exact) mass is 434 g/mol. The molecule has 1 heterocycles. The highest BCUT2D eigenvalue weighted by molar-refractivity contribution is 6.37. The Bertz CT molecular complexity index is 1060. The maximum absolute atomic E-state index is 12.9. The van der Waals surface area contributed by atoms with Gasteiger partial charge in [0.1, 0.15) is 12.6 Å². The average molecular weight is 434 g/mol. The summed E-state index contributed by atoms with van der Waals surface area (Å²) < 4.78 is 11.7. The van der Waals surface area contributed by atoms with Gasteiger partial charge in [-0.3, -0.25) is 0 Å². The molecule has 0 saturated heterocycles. The Kier molecular flexibility index (Phi) is 5.12. The number of fused-ring (bicyclic) bond motifs is 3. The highest BCUT2D eigenvalue weighted by Gasteiger charge is 2.54. The minimum Gasteiger partial charge on any atom is -0.620 e. The lowest BCUT2D eigenvalue weighted by Gasteiger charge is -2.29. The Hall–Kier alpha value is -3.35. The van der Waals surface area contributed by atoms with Gasteiger partial charge in [-0.05, 0) is 42.0 Å². The molecule has 32 heavy (non-hydrogen) atoms. The van der Waals surface area contributed by atoms with Crippen LogP contribution in [0.2, 0.25) is 0 Å². The lowest BCUT2D eigenvalue weighted by Crippen LogP contribution is -2.45. The van der Waals surface area contributed by atoms with E-state index in [-0.39, 0.29) is 18.2 Å². The topological polar surface area (TPSA) is 90.7 Å². The van der Waals surface area contributed by atoms with Gasteiger partial charge in [-0.25, -0.2) is 9.59 Å². The predicted octanol–water partition coefficient (Wildman–Crippen LogP) is 4.08. The highest BCUT2D eigenvalue weighted by Crippen LogP contribution is 2.44. The first kappa shape index (κ1) is 20.5. The van der Waals surface area contributed by atoms with Gasteiger partial charge in [0.2, 0.25) is 0 Å². The molecule has 0 radical (unpaired) electrons. The van der Waals surface area contributed by atoms with Crippen molar-refractivity contribution in [2.75, 3.05) is 6.61 Å². The Morgan fingerprint density at radius 3 is 2.34 bits per heavy atom. The summed E-state index contributed by atoms with van der Waals surface area (Å²) in [5, 5.41) is 15.5. The Morgan fingerprint density at radius 2 is 1.72 bits per heavy atom. The molecule has 1 fully saturated rings. The van der Waals surface area contributed by atoms with Crippen molar-refractivity contribution in [3.05, 3.63) is 64.9 Å². The van der Waals surface area contributed by atoms with E-state index in [1.807, 2.05) is 36.4 Å². The van der Waals surface area contributed by atoms with E-state index in [4.69, 9.17) is 9.47 Å². The molecule has 0 aromatic heterocycles. The van der Waals surface area contributed by atoms with Crippen LogP contribution in [0.5, 0.6) is 0 Å². The van der Waals surface area contributed by atoms with Crippen molar-refractivity contribution in [3.8, 4) is 11.1 Å². The molecular formula is C25H26N2O5. The summed E-state index contributed by atoms with van der Waals surface area (Å²) in [5.74, 6) is -0.720. The number of ether oxygens (including phenoxy) is 2. The van der Waals surface area contributed by atoms with Crippen molar-refractivity contribution in [2.24, 2.45) is 0 Å². The standard InChI is InChI=1S/C25H26N2O5/c1-16(22-23(28)32-25(27(22)30)13-7-2-8-14-25)26-24(29)31-15-21-19-11-5-3-9-17(19)18-10-4-6-12-20(18)21/h3-6,9-12,16,21H,2,7-8,13-15H2,1H3,(H,26,29)/t16-/m0/s1. The van der Waals surface area contributed by atoms with Crippen molar-refractivity contribution in [2.45, 2.75) is 56.7 Å². The van der Waals surface area contributed by atoms with Crippen LogP contribution in [-0.2, 0) is 14.3 Å². The summed E-state index contributed by atoms with van der Waals surface area (Å²) in [4.78, 5) is 25.0. The van der Waals surface area contributed by atoms with E-state index in [1.165, 1.54) is 0 Å². The van der Waals surface area contributed by atoms with Gasteiger partial charge in [-0.1, -0.05) is 55.0 Å². The van der Waals surface area contributed by atoms with Crippen LogP contribution < -0.4 is 5.32 Å². The van der Waals surface area contributed by atoms with Gasteiger partial charge in [0.25, 0.3) is 5.71 Å². The van der Waals surface area contributed by atoms with E-state index >= 15 is 0 Å². The third kappa shape index (κ3) is 3.32. The van der Waals surface area contributed by atoms with Crippen molar-refractivity contribution in [1.82, 2.24) is 5.32 Å². The first-order valence-electron chi connectivity index (χ1n) is 11.2. The number of alkyl carbamates (subject to hydrolysis) is 1. The second-order valence-corrected chi connectivity index (χ2v) is 8.77. The Balaban J connectivity index is 1.27. The van der Waals surface area contributed by atoms with E-state index in [1.54, 1.807) is 6.92 Å². The van der Waals surface area contributed by atoms with E-state index in [0.29, 0.717) is 17.6 Å². The molecule has 1 saturated carbocycles. The third-order valence-electron chi connectivity index (χ3n) is 6.80. The normalized spacial score (nSPS) is 20.0. The summed E-state index contributed by atoms with van der Waals surface area (Å²) in [6.07, 6.45) is 3.07. The Labute approximate surface area is 186 Å². The van der Waals surface area contributed by atoms with E-state index in [2.05, 4.69) is 17.4 Å². The minimum atomic E-state index is -1.11. The molecule has 1 spiro atoms. The fraction of sp³-hybridized carbons (Fsp3) is 0.400. The molecule has 3 aliphatic rings. The van der Waals surface area contributed by atoms with Crippen LogP contribution >= 0.6 is 0 Å². The first-order chi connectivity index (χ1) is 15.5. The second kappa shape index (κ2) is 7.97. The number of benzene rings is 2. The summed E-state index contributed by atoms with van der Waals surface area (Å²) in [5.41, 5.74) is 3.35. The SMILES string of the molecule is C[C@H](NC(=O)OCC1c2ccccc2-c2ccccc21)C1=[N+]([O-])C2(CCCCC2)OC1=O. The molecule has 1 atom stereocenters. The molecule has 166 valence electrons. The smallest absolute Gasteiger partial charge is 0.407 e. The van der Waals surface area contributed by atoms with Gasteiger partial charge >= 0.3 is 17.8 Å². The second-order valence-electron chi connectivity index (χ2n) is 8.77. The average Bonchev–Trinajstić information content (AvgIpc) is 3.24. The molecule has 2 aromatic carbocycles. The summed E-state index contributed by atoms with van der Waals surface area (Å²) in [7, 11) is 0. The zero-order chi connectivity index (χ0) is 22.3. The third-order valence-corrected chi connectivity index (χ3v) is 6.80. The molecule has 7 heteroatoms. The number of esters is 1. The number of hydrogen-bond acceptors (Lipinski definition) is 5. The Morgan fingerprint density at radius 1 is 1.12 bits per heavy atom. The molecule has 0 unspecified atom stereocenters. The summed E-state index contributed by atoms with van der Waals surface area (Å²) >= 11 is 0. The van der Waals surface area contributed by atoms with Crippen LogP contribution in [0.3, 0.4) is 0 Å². The molecule has 2 aliphatic carbocycles. The lowest BCUT2D eigenvalue weighted by molar-refractivity contribution is -0.596. The van der Waals surface area contributed by atoms with Crippen LogP contribution in [-0.4, -0.2) is 40.9 Å². The van der Waals surface area contributed by atoms with Crippen molar-refractivity contribution in [1.29, 1.82) is 0 Å². The molecule has 1 amide bonds. The van der Waals surface area contributed by atoms with E-state index in [9.17, 15) is 14.8 Å². The number of hydrogen-bond donors (Lipinski definition) is 1. The predicted molar refractivity (Wildman–Crippen MR) is 118 cm³/mol. The summed E-state index contributed by atoms with van der Waals surface area (Å²) in [6, 6.07) is 15.4. The molecule has 0 bridgehead atoms. The fourth-order valence-corrected chi connectivity index (χ4v) is 5.22. The quantitative estimate of drug-likeness (QED) is 0.445. The van der Waals surface area contributed by atoms with E-state index < -0.39 is 23.8 Å². The zero-order valence-corrected chi connectivity index (χ0v) is 18.0. The van der Waals surface area contributed by atoms with Crippen molar-refractivity contribution >= 4 is 17.8 Å². The van der Waals surface area contributed by atoms with Crippen LogP contribution in [0, 0.1) is 5.21 Å². The van der Waals surface area contributed by atoms with Gasteiger partial charge in [0.15, 0.2) is 0 Å². The maximum atomic E-state index is 12.9. The molecule has 1 N–H and O–H groups in total. The highest BCUT2D eigenvalue weighted by atomic mass is 16.6. The first-order valence-corrected chi connectivity index (χ1v) is 11.2. The number of nitrogens with zero attached hydrogens (tertiary/aromatic N) is 1. The van der Waals surface area contributed by atoms with Gasteiger partial charge < -0.3 is 20.0 Å². The van der Waals surface area contributed by atoms with Crippen molar-refractivity contribution < 1.29 is 23.8 Å². The number of amides is 1. The van der Waals surface area contributed by atoms with Crippen LogP contribution in [0.1, 0.15) is 56.1 Å². The number of carbonyl (C=O) groups excluding carboxylic acids is 2. The van der Waals surface area contributed by atoms with Crippen molar-refractivity contribution in [3.63, 3.8) is 0 Å². The molecule has 5 rings (SSSR count). The number of nitrogens with one attached hydrogen (secondary N) is 1.